The molecule has 1 aromatic rings. The van der Waals surface area contributed by atoms with Gasteiger partial charge < -0.3 is 4.74 Å². The lowest BCUT2D eigenvalue weighted by atomic mass is 10.5. The Morgan fingerprint density at radius 2 is 2.64 bits per heavy atom. The van der Waals surface area contributed by atoms with Crippen LogP contribution in [-0.2, 0) is 4.74 Å². The number of hydrogen-bond donors (Lipinski definition) is 0. The second kappa shape index (κ2) is 3.65. The van der Waals surface area contributed by atoms with Crippen molar-refractivity contribution in [3.63, 3.8) is 0 Å². The van der Waals surface area contributed by atoms with Crippen LogP contribution < -0.4 is 0 Å². The molecule has 0 N–H and O–H groups in total. The molecule has 0 unspecified atom stereocenters. The molecule has 4 nitrogen and oxygen atoms in total. The van der Waals surface area contributed by atoms with Crippen molar-refractivity contribution in [1.29, 1.82) is 0 Å². The van der Waals surface area contributed by atoms with E-state index >= 15 is 0 Å². The van der Waals surface area contributed by atoms with Gasteiger partial charge in [0.05, 0.1) is 19.0 Å². The number of carbonyl (C=O) groups is 1. The van der Waals surface area contributed by atoms with E-state index in [4.69, 9.17) is 0 Å². The third kappa shape index (κ3) is 2.00. The summed E-state index contributed by atoms with van der Waals surface area (Å²) in [6, 6.07) is 0. The van der Waals surface area contributed by atoms with Gasteiger partial charge in [0.25, 0.3) is 0 Å². The summed E-state index contributed by atoms with van der Waals surface area (Å²) in [5.41, 5.74) is 0.189. The summed E-state index contributed by atoms with van der Waals surface area (Å²) in [5.74, 6) is -0.461. The van der Waals surface area contributed by atoms with E-state index in [0.717, 1.165) is 0 Å². The van der Waals surface area contributed by atoms with Crippen LogP contribution in [0.1, 0.15) is 17.4 Å². The Balaban J connectivity index is 2.69. The van der Waals surface area contributed by atoms with Crippen molar-refractivity contribution < 1.29 is 9.53 Å². The van der Waals surface area contributed by atoms with Crippen molar-refractivity contribution in [2.24, 2.45) is 0 Å². The van der Waals surface area contributed by atoms with E-state index in [-0.39, 0.29) is 5.69 Å². The second-order valence-corrected chi connectivity index (χ2v) is 1.75. The SMILES string of the molecule is CCOC(=O)c1cnc[c]n1. The van der Waals surface area contributed by atoms with Crippen LogP contribution in [0.4, 0.5) is 0 Å². The number of rotatable bonds is 2. The van der Waals surface area contributed by atoms with Crippen LogP contribution in [0.15, 0.2) is 12.4 Å². The van der Waals surface area contributed by atoms with Crippen LogP contribution in [0, 0.1) is 6.20 Å². The molecule has 0 aromatic carbocycles. The summed E-state index contributed by atoms with van der Waals surface area (Å²) in [6.07, 6.45) is 5.16. The topological polar surface area (TPSA) is 52.1 Å². The molecule has 57 valence electrons. The zero-order valence-electron chi connectivity index (χ0n) is 6.07. The first-order valence-electron chi connectivity index (χ1n) is 3.19. The van der Waals surface area contributed by atoms with E-state index in [2.05, 4.69) is 20.9 Å². The largest absolute Gasteiger partial charge is 0.461 e. The van der Waals surface area contributed by atoms with E-state index in [1.807, 2.05) is 0 Å². The van der Waals surface area contributed by atoms with E-state index in [9.17, 15) is 4.79 Å². The quantitative estimate of drug-likeness (QED) is 0.576. The number of nitrogens with zero attached hydrogens (tertiary/aromatic N) is 2. The van der Waals surface area contributed by atoms with E-state index < -0.39 is 5.97 Å². The standard InChI is InChI=1S/C7H7N2O2/c1-2-11-7(10)6-5-8-3-4-9-6/h3,5H,2H2,1H3. The first-order valence-corrected chi connectivity index (χ1v) is 3.19. The summed E-state index contributed by atoms with van der Waals surface area (Å²) < 4.78 is 4.67. The molecule has 1 rings (SSSR count). The minimum absolute atomic E-state index is 0.189. The highest BCUT2D eigenvalue weighted by Gasteiger charge is 2.05. The lowest BCUT2D eigenvalue weighted by Gasteiger charge is -1.97. The van der Waals surface area contributed by atoms with Gasteiger partial charge in [-0.05, 0) is 6.92 Å². The predicted octanol–water partition coefficient (Wildman–Crippen LogP) is 0.453. The summed E-state index contributed by atoms with van der Waals surface area (Å²) in [6.45, 7) is 2.08. The molecule has 4 heteroatoms. The Labute approximate surface area is 64.2 Å². The molecule has 0 bridgehead atoms. The summed E-state index contributed by atoms with van der Waals surface area (Å²) in [4.78, 5) is 18.2. The summed E-state index contributed by atoms with van der Waals surface area (Å²) in [5, 5.41) is 0. The molecule has 0 amide bonds. The van der Waals surface area contributed by atoms with E-state index in [0.29, 0.717) is 6.61 Å². The maximum Gasteiger partial charge on any atom is 0.358 e. The molecular formula is C7H7N2O2. The lowest BCUT2D eigenvalue weighted by Crippen LogP contribution is -2.06. The van der Waals surface area contributed by atoms with E-state index in [1.54, 1.807) is 6.92 Å². The third-order valence-corrected chi connectivity index (χ3v) is 0.999. The fourth-order valence-electron chi connectivity index (χ4n) is 0.572. The fourth-order valence-corrected chi connectivity index (χ4v) is 0.572. The minimum Gasteiger partial charge on any atom is -0.461 e. The zero-order chi connectivity index (χ0) is 8.10. The highest BCUT2D eigenvalue weighted by molar-refractivity contribution is 5.86. The number of ether oxygens (including phenoxy) is 1. The fraction of sp³-hybridized carbons (Fsp3) is 0.286. The predicted molar refractivity (Wildman–Crippen MR) is 36.8 cm³/mol. The average Bonchev–Trinajstić information content (AvgIpc) is 2.07. The van der Waals surface area contributed by atoms with Crippen LogP contribution in [0.2, 0.25) is 0 Å². The van der Waals surface area contributed by atoms with Crippen molar-refractivity contribution in [3.05, 3.63) is 24.3 Å². The van der Waals surface area contributed by atoms with Crippen molar-refractivity contribution in [2.45, 2.75) is 6.92 Å². The van der Waals surface area contributed by atoms with Crippen LogP contribution in [-0.4, -0.2) is 22.5 Å². The Kier molecular flexibility index (Phi) is 2.54. The molecule has 1 aromatic heterocycles. The van der Waals surface area contributed by atoms with Gasteiger partial charge in [-0.3, -0.25) is 4.98 Å². The van der Waals surface area contributed by atoms with Crippen LogP contribution in [0.3, 0.4) is 0 Å². The van der Waals surface area contributed by atoms with Crippen LogP contribution in [0.25, 0.3) is 0 Å². The molecule has 0 aliphatic rings. The summed E-state index contributed by atoms with van der Waals surface area (Å²) >= 11 is 0. The Bertz CT molecular complexity index is 235. The molecule has 0 saturated carbocycles. The molecule has 0 atom stereocenters. The molecule has 0 aliphatic heterocycles. The van der Waals surface area contributed by atoms with Gasteiger partial charge in [-0.25, -0.2) is 9.78 Å². The van der Waals surface area contributed by atoms with Gasteiger partial charge in [-0.15, -0.1) is 0 Å². The first-order chi connectivity index (χ1) is 5.34. The van der Waals surface area contributed by atoms with E-state index in [1.165, 1.54) is 12.4 Å². The van der Waals surface area contributed by atoms with Gasteiger partial charge >= 0.3 is 5.97 Å². The average molecular weight is 151 g/mol. The molecule has 1 radical (unpaired) electrons. The second-order valence-electron chi connectivity index (χ2n) is 1.75. The van der Waals surface area contributed by atoms with Crippen molar-refractivity contribution in [2.75, 3.05) is 6.61 Å². The monoisotopic (exact) mass is 151 g/mol. The third-order valence-electron chi connectivity index (χ3n) is 0.999. The normalized spacial score (nSPS) is 9.18. The lowest BCUT2D eigenvalue weighted by molar-refractivity contribution is 0.0519. The van der Waals surface area contributed by atoms with Crippen molar-refractivity contribution in [1.82, 2.24) is 9.97 Å². The van der Waals surface area contributed by atoms with Gasteiger partial charge in [-0.2, -0.15) is 0 Å². The van der Waals surface area contributed by atoms with Crippen LogP contribution >= 0.6 is 0 Å². The molecular weight excluding hydrogens is 144 g/mol. The van der Waals surface area contributed by atoms with Crippen molar-refractivity contribution in [3.8, 4) is 0 Å². The highest BCUT2D eigenvalue weighted by atomic mass is 16.5. The first kappa shape index (κ1) is 7.65. The molecule has 1 heterocycles. The minimum atomic E-state index is -0.461. The number of aromatic nitrogens is 2. The smallest absolute Gasteiger partial charge is 0.358 e. The number of esters is 1. The van der Waals surface area contributed by atoms with Gasteiger partial charge in [0.2, 0.25) is 0 Å². The Morgan fingerprint density at radius 1 is 1.82 bits per heavy atom. The Hall–Kier alpha value is -1.45. The maximum absolute atomic E-state index is 10.9. The number of hydrogen-bond acceptors (Lipinski definition) is 4. The molecule has 0 saturated heterocycles. The van der Waals surface area contributed by atoms with Gasteiger partial charge in [0.1, 0.15) is 6.20 Å². The highest BCUT2D eigenvalue weighted by Crippen LogP contribution is 1.92. The number of carbonyl (C=O) groups excluding carboxylic acids is 1. The maximum atomic E-state index is 10.9. The Morgan fingerprint density at radius 3 is 3.18 bits per heavy atom. The zero-order valence-corrected chi connectivity index (χ0v) is 6.07. The molecule has 0 fully saturated rings. The summed E-state index contributed by atoms with van der Waals surface area (Å²) in [7, 11) is 0. The molecule has 0 spiro atoms. The van der Waals surface area contributed by atoms with Crippen molar-refractivity contribution >= 4 is 5.97 Å². The molecule has 11 heavy (non-hydrogen) atoms. The van der Waals surface area contributed by atoms with Gasteiger partial charge in [-0.1, -0.05) is 0 Å². The molecule has 0 aliphatic carbocycles. The van der Waals surface area contributed by atoms with Gasteiger partial charge in [0.15, 0.2) is 5.69 Å². The van der Waals surface area contributed by atoms with Gasteiger partial charge in [0, 0.05) is 0 Å². The van der Waals surface area contributed by atoms with Crippen LogP contribution in [0.5, 0.6) is 0 Å².